The monoisotopic (exact) mass is 388 g/mol. The molecule has 0 radical (unpaired) electrons. The van der Waals surface area contributed by atoms with Crippen molar-refractivity contribution in [3.8, 4) is 0 Å². The Hall–Kier alpha value is -3.40. The highest BCUT2D eigenvalue weighted by atomic mass is 16.5. The van der Waals surface area contributed by atoms with Crippen LogP contribution in [-0.4, -0.2) is 11.9 Å². The van der Waals surface area contributed by atoms with Crippen molar-refractivity contribution in [2.24, 2.45) is 0 Å². The summed E-state index contributed by atoms with van der Waals surface area (Å²) in [6.07, 6.45) is 1.52. The maximum absolute atomic E-state index is 12.5. The van der Waals surface area contributed by atoms with Crippen LogP contribution in [0.3, 0.4) is 0 Å². The number of hydrogen-bond acceptors (Lipinski definition) is 4. The van der Waals surface area contributed by atoms with E-state index in [1.165, 1.54) is 0 Å². The van der Waals surface area contributed by atoms with Crippen LogP contribution in [0.4, 0.5) is 0 Å². The summed E-state index contributed by atoms with van der Waals surface area (Å²) < 4.78 is 10.7. The lowest BCUT2D eigenvalue weighted by atomic mass is 10.0. The molecule has 0 fully saturated rings. The fourth-order valence-corrected chi connectivity index (χ4v) is 2.97. The number of rotatable bonds is 9. The molecule has 0 saturated carbocycles. The van der Waals surface area contributed by atoms with Crippen LogP contribution in [-0.2, 0) is 33.9 Å². The van der Waals surface area contributed by atoms with Crippen molar-refractivity contribution < 1.29 is 19.1 Å². The Balaban J connectivity index is 1.47. The number of ether oxygens (including phenoxy) is 2. The van der Waals surface area contributed by atoms with Crippen LogP contribution in [0, 0.1) is 0 Å². The van der Waals surface area contributed by atoms with Crippen LogP contribution in [0.25, 0.3) is 0 Å². The molecule has 0 aliphatic rings. The fourth-order valence-electron chi connectivity index (χ4n) is 2.97. The van der Waals surface area contributed by atoms with E-state index in [0.717, 1.165) is 16.7 Å². The van der Waals surface area contributed by atoms with Crippen LogP contribution in [0.5, 0.6) is 0 Å². The lowest BCUT2D eigenvalue weighted by molar-refractivity contribution is -0.145. The molecule has 148 valence electrons. The van der Waals surface area contributed by atoms with Crippen molar-refractivity contribution in [1.29, 1.82) is 0 Å². The van der Waals surface area contributed by atoms with Gasteiger partial charge in [0.15, 0.2) is 0 Å². The van der Waals surface area contributed by atoms with E-state index >= 15 is 0 Å². The third-order valence-electron chi connectivity index (χ3n) is 4.52. The zero-order valence-corrected chi connectivity index (χ0v) is 16.3. The first kappa shape index (κ1) is 20.3. The van der Waals surface area contributed by atoms with Gasteiger partial charge in [-0.1, -0.05) is 78.9 Å². The predicted octanol–water partition coefficient (Wildman–Crippen LogP) is 5.11. The maximum atomic E-state index is 12.5. The molecule has 3 aromatic rings. The molecular formula is C25H24O4. The SMILES string of the molecule is O=C(CCCc1ccccc1C(=O)OCc1ccccc1)OCc1ccccc1. The quantitative estimate of drug-likeness (QED) is 0.478. The first-order valence-corrected chi connectivity index (χ1v) is 9.71. The fraction of sp³-hybridized carbons (Fsp3) is 0.200. The minimum atomic E-state index is -0.351. The van der Waals surface area contributed by atoms with Gasteiger partial charge in [0.1, 0.15) is 13.2 Å². The van der Waals surface area contributed by atoms with Crippen LogP contribution in [0.15, 0.2) is 84.9 Å². The van der Waals surface area contributed by atoms with E-state index in [2.05, 4.69) is 0 Å². The molecule has 0 bridgehead atoms. The average molecular weight is 388 g/mol. The second-order valence-electron chi connectivity index (χ2n) is 6.72. The number of benzene rings is 3. The average Bonchev–Trinajstić information content (AvgIpc) is 2.78. The summed E-state index contributed by atoms with van der Waals surface area (Å²) in [7, 11) is 0. The highest BCUT2D eigenvalue weighted by Gasteiger charge is 2.13. The van der Waals surface area contributed by atoms with Gasteiger partial charge in [-0.15, -0.1) is 0 Å². The van der Waals surface area contributed by atoms with Crippen molar-refractivity contribution in [3.63, 3.8) is 0 Å². The minimum Gasteiger partial charge on any atom is -0.461 e. The summed E-state index contributed by atoms with van der Waals surface area (Å²) in [5, 5.41) is 0. The summed E-state index contributed by atoms with van der Waals surface area (Å²) in [6, 6.07) is 26.5. The zero-order valence-electron chi connectivity index (χ0n) is 16.3. The van der Waals surface area contributed by atoms with Crippen molar-refractivity contribution in [1.82, 2.24) is 0 Å². The second kappa shape index (κ2) is 10.8. The summed E-state index contributed by atoms with van der Waals surface area (Å²) in [6.45, 7) is 0.516. The van der Waals surface area contributed by atoms with Gasteiger partial charge in [0.05, 0.1) is 5.56 Å². The van der Waals surface area contributed by atoms with Crippen LogP contribution in [0.1, 0.15) is 39.9 Å². The topological polar surface area (TPSA) is 52.6 Å². The Morgan fingerprint density at radius 2 is 1.21 bits per heavy atom. The van der Waals surface area contributed by atoms with E-state index in [9.17, 15) is 9.59 Å². The van der Waals surface area contributed by atoms with E-state index in [1.807, 2.05) is 78.9 Å². The van der Waals surface area contributed by atoms with Crippen molar-refractivity contribution in [2.75, 3.05) is 0 Å². The second-order valence-corrected chi connectivity index (χ2v) is 6.72. The first-order chi connectivity index (χ1) is 14.2. The summed E-state index contributed by atoms with van der Waals surface area (Å²) >= 11 is 0. The summed E-state index contributed by atoms with van der Waals surface area (Å²) in [5.41, 5.74) is 3.33. The van der Waals surface area contributed by atoms with Gasteiger partial charge in [-0.2, -0.15) is 0 Å². The van der Waals surface area contributed by atoms with E-state index < -0.39 is 0 Å². The van der Waals surface area contributed by atoms with Gasteiger partial charge in [-0.3, -0.25) is 4.79 Å². The third-order valence-corrected chi connectivity index (χ3v) is 4.52. The number of hydrogen-bond donors (Lipinski definition) is 0. The highest BCUT2D eigenvalue weighted by molar-refractivity contribution is 5.91. The molecule has 0 saturated heterocycles. The largest absolute Gasteiger partial charge is 0.461 e. The summed E-state index contributed by atoms with van der Waals surface area (Å²) in [4.78, 5) is 24.5. The van der Waals surface area contributed by atoms with Gasteiger partial charge in [-0.05, 0) is 35.6 Å². The van der Waals surface area contributed by atoms with E-state index in [0.29, 0.717) is 24.8 Å². The molecule has 0 aliphatic heterocycles. The number of carbonyl (C=O) groups is 2. The smallest absolute Gasteiger partial charge is 0.338 e. The molecule has 4 heteroatoms. The molecule has 0 unspecified atom stereocenters. The van der Waals surface area contributed by atoms with E-state index in [4.69, 9.17) is 9.47 Å². The van der Waals surface area contributed by atoms with Gasteiger partial charge in [0.25, 0.3) is 0 Å². The lowest BCUT2D eigenvalue weighted by Gasteiger charge is -2.10. The number of esters is 2. The van der Waals surface area contributed by atoms with Gasteiger partial charge in [-0.25, -0.2) is 4.79 Å². The molecule has 0 aromatic heterocycles. The Bertz CT molecular complexity index is 920. The molecule has 4 nitrogen and oxygen atoms in total. The zero-order chi connectivity index (χ0) is 20.3. The molecule has 0 heterocycles. The van der Waals surface area contributed by atoms with Gasteiger partial charge < -0.3 is 9.47 Å². The van der Waals surface area contributed by atoms with Crippen LogP contribution in [0.2, 0.25) is 0 Å². The molecule has 3 rings (SSSR count). The van der Waals surface area contributed by atoms with E-state index in [-0.39, 0.29) is 25.2 Å². The molecule has 0 atom stereocenters. The van der Waals surface area contributed by atoms with Crippen LogP contribution < -0.4 is 0 Å². The van der Waals surface area contributed by atoms with Crippen molar-refractivity contribution in [3.05, 3.63) is 107 Å². The molecule has 29 heavy (non-hydrogen) atoms. The Morgan fingerprint density at radius 3 is 1.86 bits per heavy atom. The van der Waals surface area contributed by atoms with Gasteiger partial charge >= 0.3 is 11.9 Å². The van der Waals surface area contributed by atoms with Crippen LogP contribution >= 0.6 is 0 Å². The predicted molar refractivity (Wildman–Crippen MR) is 111 cm³/mol. The standard InChI is InChI=1S/C25H24O4/c26-24(28-18-20-10-3-1-4-11-20)17-9-15-22-14-7-8-16-23(22)25(27)29-19-21-12-5-2-6-13-21/h1-8,10-14,16H,9,15,17-19H2. The van der Waals surface area contributed by atoms with Crippen molar-refractivity contribution >= 4 is 11.9 Å². The van der Waals surface area contributed by atoms with Gasteiger partial charge in [0, 0.05) is 6.42 Å². The first-order valence-electron chi connectivity index (χ1n) is 9.71. The molecule has 0 spiro atoms. The molecular weight excluding hydrogens is 364 g/mol. The highest BCUT2D eigenvalue weighted by Crippen LogP contribution is 2.15. The Labute approximate surface area is 171 Å². The molecule has 3 aromatic carbocycles. The van der Waals surface area contributed by atoms with Crippen molar-refractivity contribution in [2.45, 2.75) is 32.5 Å². The summed E-state index contributed by atoms with van der Waals surface area (Å²) in [5.74, 6) is -0.589. The van der Waals surface area contributed by atoms with E-state index in [1.54, 1.807) is 6.07 Å². The lowest BCUT2D eigenvalue weighted by Crippen LogP contribution is -2.09. The Morgan fingerprint density at radius 1 is 0.655 bits per heavy atom. The normalized spacial score (nSPS) is 10.3. The third kappa shape index (κ3) is 6.61. The molecule has 0 amide bonds. The Kier molecular flexibility index (Phi) is 7.58. The molecule has 0 aliphatic carbocycles. The van der Waals surface area contributed by atoms with Gasteiger partial charge in [0.2, 0.25) is 0 Å². The minimum absolute atomic E-state index is 0.236. The molecule has 0 N–H and O–H groups in total. The number of aryl methyl sites for hydroxylation is 1. The maximum Gasteiger partial charge on any atom is 0.338 e. The number of carbonyl (C=O) groups excluding carboxylic acids is 2.